The van der Waals surface area contributed by atoms with Crippen LogP contribution in [-0.2, 0) is 6.42 Å². The minimum atomic E-state index is 0.0626. The Morgan fingerprint density at radius 1 is 0.962 bits per heavy atom. The Balaban J connectivity index is 1.67. The van der Waals surface area contributed by atoms with Gasteiger partial charge in [0, 0.05) is 41.9 Å². The normalized spacial score (nSPS) is 10.8. The third kappa shape index (κ3) is 3.09. The number of nitrogens with zero attached hydrogens (tertiary/aromatic N) is 3. The lowest BCUT2D eigenvalue weighted by atomic mass is 10.1. The van der Waals surface area contributed by atoms with E-state index in [1.807, 2.05) is 61.8 Å². The molecule has 0 fully saturated rings. The summed E-state index contributed by atoms with van der Waals surface area (Å²) in [6.45, 7) is 0. The number of rotatable bonds is 5. The van der Waals surface area contributed by atoms with Crippen LogP contribution in [0.3, 0.4) is 0 Å². The second kappa shape index (κ2) is 6.84. The number of ketones is 1. The second-order valence-electron chi connectivity index (χ2n) is 6.22. The van der Waals surface area contributed by atoms with E-state index < -0.39 is 0 Å². The maximum atomic E-state index is 12.7. The van der Waals surface area contributed by atoms with E-state index in [0.717, 1.165) is 22.7 Å². The number of hydrogen-bond acceptors (Lipinski definition) is 3. The molecule has 0 aliphatic carbocycles. The third-order valence-electron chi connectivity index (χ3n) is 4.51. The van der Waals surface area contributed by atoms with Gasteiger partial charge in [-0.25, -0.2) is 0 Å². The van der Waals surface area contributed by atoms with Crippen LogP contribution in [-0.4, -0.2) is 22.2 Å². The highest BCUT2D eigenvalue weighted by molar-refractivity contribution is 5.97. The first-order chi connectivity index (χ1) is 12.7. The summed E-state index contributed by atoms with van der Waals surface area (Å²) in [6.07, 6.45) is 3.93. The molecule has 0 N–H and O–H groups in total. The van der Waals surface area contributed by atoms with Gasteiger partial charge in [-0.15, -0.1) is 0 Å². The lowest BCUT2D eigenvalue weighted by Crippen LogP contribution is -2.12. The van der Waals surface area contributed by atoms with Gasteiger partial charge in [-0.3, -0.25) is 9.78 Å². The van der Waals surface area contributed by atoms with Crippen molar-refractivity contribution in [2.75, 3.05) is 11.9 Å². The molecule has 128 valence electrons. The zero-order valence-corrected chi connectivity index (χ0v) is 14.5. The fourth-order valence-electron chi connectivity index (χ4n) is 3.08. The molecule has 0 saturated carbocycles. The molecule has 26 heavy (non-hydrogen) atoms. The van der Waals surface area contributed by atoms with Crippen LogP contribution in [0.2, 0.25) is 0 Å². The summed E-state index contributed by atoms with van der Waals surface area (Å²) in [4.78, 5) is 19.0. The molecule has 0 spiro atoms. The van der Waals surface area contributed by atoms with E-state index in [2.05, 4.69) is 38.6 Å². The molecule has 0 atom stereocenters. The number of anilines is 2. The lowest BCUT2D eigenvalue weighted by molar-refractivity contribution is 0.0991. The van der Waals surface area contributed by atoms with Crippen LogP contribution in [0.1, 0.15) is 16.1 Å². The van der Waals surface area contributed by atoms with Crippen molar-refractivity contribution in [2.24, 2.45) is 0 Å². The van der Waals surface area contributed by atoms with Gasteiger partial charge < -0.3 is 9.30 Å². The molecule has 0 radical (unpaired) electrons. The number of Topliss-reactive ketones (excluding diaryl/α,β-unsaturated/α-hetero) is 1. The number of benzene rings is 1. The van der Waals surface area contributed by atoms with E-state index in [1.165, 1.54) is 0 Å². The van der Waals surface area contributed by atoms with E-state index in [1.54, 1.807) is 6.20 Å². The molecule has 4 rings (SSSR count). The van der Waals surface area contributed by atoms with Crippen LogP contribution in [0.5, 0.6) is 0 Å². The van der Waals surface area contributed by atoms with Crippen LogP contribution in [0, 0.1) is 0 Å². The highest BCUT2D eigenvalue weighted by atomic mass is 16.1. The van der Waals surface area contributed by atoms with Crippen LogP contribution >= 0.6 is 0 Å². The fourth-order valence-corrected chi connectivity index (χ4v) is 3.08. The molecule has 4 aromatic rings. The van der Waals surface area contributed by atoms with Gasteiger partial charge >= 0.3 is 0 Å². The molecule has 0 bridgehead atoms. The summed E-state index contributed by atoms with van der Waals surface area (Å²) >= 11 is 0. The van der Waals surface area contributed by atoms with E-state index in [4.69, 9.17) is 0 Å². The molecule has 0 aliphatic heterocycles. The number of pyridine rings is 2. The average molecular weight is 341 g/mol. The predicted molar refractivity (Wildman–Crippen MR) is 104 cm³/mol. The fraction of sp³-hybridized carbons (Fsp3) is 0.0909. The SMILES string of the molecule is CN(c1ccccc1)c1ccc2ccc(C(=O)Cc3ccccn3)cn12. The largest absolute Gasteiger partial charge is 0.331 e. The Hall–Kier alpha value is -3.40. The number of para-hydroxylation sites is 1. The van der Waals surface area contributed by atoms with Gasteiger partial charge in [-0.1, -0.05) is 24.3 Å². The molecule has 3 heterocycles. The molecule has 3 aromatic heterocycles. The summed E-state index contributed by atoms with van der Waals surface area (Å²) < 4.78 is 2.05. The smallest absolute Gasteiger partial charge is 0.170 e. The van der Waals surface area contributed by atoms with Crippen molar-refractivity contribution in [3.8, 4) is 0 Å². The number of carbonyl (C=O) groups excluding carboxylic acids is 1. The molecule has 0 amide bonds. The van der Waals surface area contributed by atoms with Crippen molar-refractivity contribution in [2.45, 2.75) is 6.42 Å². The molecule has 0 unspecified atom stereocenters. The quantitative estimate of drug-likeness (QED) is 0.501. The molecule has 1 aromatic carbocycles. The number of hydrogen-bond donors (Lipinski definition) is 0. The van der Waals surface area contributed by atoms with Gasteiger partial charge in [0.25, 0.3) is 0 Å². The summed E-state index contributed by atoms with van der Waals surface area (Å²) in [6, 6.07) is 23.8. The van der Waals surface area contributed by atoms with Crippen LogP contribution in [0.25, 0.3) is 5.52 Å². The Morgan fingerprint density at radius 2 is 1.73 bits per heavy atom. The van der Waals surface area contributed by atoms with Gasteiger partial charge in [0.05, 0.1) is 6.42 Å². The number of fused-ring (bicyclic) bond motifs is 1. The summed E-state index contributed by atoms with van der Waals surface area (Å²) in [7, 11) is 2.03. The third-order valence-corrected chi connectivity index (χ3v) is 4.51. The Kier molecular flexibility index (Phi) is 4.23. The molecule has 4 nitrogen and oxygen atoms in total. The molecular formula is C22H19N3O. The first-order valence-corrected chi connectivity index (χ1v) is 8.55. The summed E-state index contributed by atoms with van der Waals surface area (Å²) in [5.41, 5.74) is 3.61. The van der Waals surface area contributed by atoms with Crippen molar-refractivity contribution >= 4 is 22.8 Å². The Labute approximate surface area is 152 Å². The highest BCUT2D eigenvalue weighted by Crippen LogP contribution is 2.26. The molecule has 0 aliphatic rings. The lowest BCUT2D eigenvalue weighted by Gasteiger charge is -2.19. The summed E-state index contributed by atoms with van der Waals surface area (Å²) in [5, 5.41) is 0. The Bertz CT molecular complexity index is 1040. The van der Waals surface area contributed by atoms with Crippen molar-refractivity contribution in [3.05, 3.63) is 96.4 Å². The zero-order chi connectivity index (χ0) is 17.9. The van der Waals surface area contributed by atoms with Crippen LogP contribution < -0.4 is 4.90 Å². The zero-order valence-electron chi connectivity index (χ0n) is 14.5. The monoisotopic (exact) mass is 341 g/mol. The number of aromatic nitrogens is 2. The highest BCUT2D eigenvalue weighted by Gasteiger charge is 2.12. The maximum Gasteiger partial charge on any atom is 0.170 e. The minimum Gasteiger partial charge on any atom is -0.331 e. The average Bonchev–Trinajstić information content (AvgIpc) is 3.12. The summed E-state index contributed by atoms with van der Waals surface area (Å²) in [5.74, 6) is 1.08. The molecular weight excluding hydrogens is 322 g/mol. The van der Waals surface area contributed by atoms with Crippen LogP contribution in [0.4, 0.5) is 11.5 Å². The first-order valence-electron chi connectivity index (χ1n) is 8.55. The van der Waals surface area contributed by atoms with Gasteiger partial charge in [0.15, 0.2) is 5.78 Å². The van der Waals surface area contributed by atoms with Crippen molar-refractivity contribution in [1.29, 1.82) is 0 Å². The van der Waals surface area contributed by atoms with Gasteiger partial charge in [0.2, 0.25) is 0 Å². The number of carbonyl (C=O) groups is 1. The van der Waals surface area contributed by atoms with Crippen molar-refractivity contribution < 1.29 is 4.79 Å². The van der Waals surface area contributed by atoms with E-state index >= 15 is 0 Å². The van der Waals surface area contributed by atoms with E-state index in [0.29, 0.717) is 12.0 Å². The van der Waals surface area contributed by atoms with Gasteiger partial charge in [0.1, 0.15) is 5.82 Å². The van der Waals surface area contributed by atoms with E-state index in [9.17, 15) is 4.79 Å². The predicted octanol–water partition coefficient (Wildman–Crippen LogP) is 4.53. The molecule has 4 heteroatoms. The van der Waals surface area contributed by atoms with E-state index in [-0.39, 0.29) is 5.78 Å². The molecule has 0 saturated heterocycles. The van der Waals surface area contributed by atoms with Gasteiger partial charge in [-0.05, 0) is 48.5 Å². The Morgan fingerprint density at radius 3 is 2.50 bits per heavy atom. The standard InChI is InChI=1S/C22H19N3O/c1-24(19-8-3-2-4-9-19)22-13-12-20-11-10-17(16-25(20)22)21(26)15-18-7-5-6-14-23-18/h2-14,16H,15H2,1H3. The van der Waals surface area contributed by atoms with Crippen LogP contribution in [0.15, 0.2) is 85.2 Å². The van der Waals surface area contributed by atoms with Crippen molar-refractivity contribution in [1.82, 2.24) is 9.38 Å². The first kappa shape index (κ1) is 16.1. The van der Waals surface area contributed by atoms with Crippen molar-refractivity contribution in [3.63, 3.8) is 0 Å². The second-order valence-corrected chi connectivity index (χ2v) is 6.22. The van der Waals surface area contributed by atoms with Gasteiger partial charge in [-0.2, -0.15) is 0 Å². The maximum absolute atomic E-state index is 12.7. The topological polar surface area (TPSA) is 37.6 Å². The minimum absolute atomic E-state index is 0.0626.